The summed E-state index contributed by atoms with van der Waals surface area (Å²) in [6.07, 6.45) is 5.34. The van der Waals surface area contributed by atoms with Gasteiger partial charge in [-0.15, -0.1) is 6.42 Å². The molecule has 1 saturated heterocycles. The molecule has 0 unspecified atom stereocenters. The third-order valence-electron chi connectivity index (χ3n) is 3.54. The zero-order valence-electron chi connectivity index (χ0n) is 12.2. The van der Waals surface area contributed by atoms with Gasteiger partial charge in [0.1, 0.15) is 5.82 Å². The first-order valence-electron chi connectivity index (χ1n) is 7.00. The van der Waals surface area contributed by atoms with Gasteiger partial charge < -0.3 is 15.8 Å². The number of terminal acetylenes is 1. The van der Waals surface area contributed by atoms with Gasteiger partial charge >= 0.3 is 0 Å². The highest BCUT2D eigenvalue weighted by Crippen LogP contribution is 2.26. The SMILES string of the molecule is C#Cc1ccc(F)c(-c2ccc(NC3COC3)c(C(N)=O)n2)c1. The quantitative estimate of drug-likeness (QED) is 0.844. The van der Waals surface area contributed by atoms with Gasteiger partial charge in [-0.05, 0) is 30.3 Å². The number of anilines is 1. The van der Waals surface area contributed by atoms with E-state index >= 15 is 0 Å². The molecule has 0 aliphatic carbocycles. The highest BCUT2D eigenvalue weighted by Gasteiger charge is 2.21. The molecule has 0 saturated carbocycles. The number of pyridine rings is 1. The normalized spacial score (nSPS) is 13.9. The molecule has 23 heavy (non-hydrogen) atoms. The van der Waals surface area contributed by atoms with E-state index < -0.39 is 11.7 Å². The number of aromatic nitrogens is 1. The van der Waals surface area contributed by atoms with Crippen LogP contribution >= 0.6 is 0 Å². The van der Waals surface area contributed by atoms with E-state index in [0.29, 0.717) is 30.2 Å². The summed E-state index contributed by atoms with van der Waals surface area (Å²) in [4.78, 5) is 15.9. The molecule has 0 atom stereocenters. The lowest BCUT2D eigenvalue weighted by molar-refractivity contribution is 0.0210. The summed E-state index contributed by atoms with van der Waals surface area (Å²) < 4.78 is 19.1. The number of hydrogen-bond donors (Lipinski definition) is 2. The number of amides is 1. The van der Waals surface area contributed by atoms with E-state index in [0.717, 1.165) is 0 Å². The third-order valence-corrected chi connectivity index (χ3v) is 3.54. The Morgan fingerprint density at radius 3 is 2.78 bits per heavy atom. The van der Waals surface area contributed by atoms with Crippen LogP contribution in [-0.2, 0) is 4.74 Å². The fourth-order valence-electron chi connectivity index (χ4n) is 2.26. The van der Waals surface area contributed by atoms with Gasteiger partial charge in [-0.25, -0.2) is 9.37 Å². The molecule has 0 radical (unpaired) electrons. The van der Waals surface area contributed by atoms with Crippen molar-refractivity contribution in [2.45, 2.75) is 6.04 Å². The lowest BCUT2D eigenvalue weighted by Crippen LogP contribution is -2.40. The number of nitrogens with two attached hydrogens (primary N) is 1. The van der Waals surface area contributed by atoms with E-state index in [-0.39, 0.29) is 17.3 Å². The molecule has 0 bridgehead atoms. The second-order valence-electron chi connectivity index (χ2n) is 5.17. The standard InChI is InChI=1S/C17H14FN3O2/c1-2-10-3-4-13(18)12(7-10)14-5-6-15(16(21-14)17(19)22)20-11-8-23-9-11/h1,3-7,11,20H,8-9H2,(H2,19,22). The van der Waals surface area contributed by atoms with Crippen LogP contribution in [0.1, 0.15) is 16.1 Å². The van der Waals surface area contributed by atoms with Crippen LogP contribution in [-0.4, -0.2) is 30.1 Å². The van der Waals surface area contributed by atoms with E-state index in [4.69, 9.17) is 16.9 Å². The van der Waals surface area contributed by atoms with Crippen molar-refractivity contribution < 1.29 is 13.9 Å². The fourth-order valence-corrected chi connectivity index (χ4v) is 2.26. The number of benzene rings is 1. The molecule has 116 valence electrons. The highest BCUT2D eigenvalue weighted by molar-refractivity contribution is 5.97. The predicted octanol–water partition coefficient (Wildman–Crippen LogP) is 1.78. The van der Waals surface area contributed by atoms with Crippen molar-refractivity contribution in [2.75, 3.05) is 18.5 Å². The van der Waals surface area contributed by atoms with Crippen LogP contribution in [0.2, 0.25) is 0 Å². The van der Waals surface area contributed by atoms with Gasteiger partial charge in [0, 0.05) is 11.1 Å². The maximum Gasteiger partial charge on any atom is 0.269 e. The van der Waals surface area contributed by atoms with Crippen LogP contribution in [0.15, 0.2) is 30.3 Å². The Labute approximate surface area is 132 Å². The van der Waals surface area contributed by atoms with Crippen LogP contribution in [0.5, 0.6) is 0 Å². The number of nitrogens with one attached hydrogen (secondary N) is 1. The minimum atomic E-state index is -0.692. The van der Waals surface area contributed by atoms with Crippen molar-refractivity contribution in [2.24, 2.45) is 5.73 Å². The molecular weight excluding hydrogens is 297 g/mol. The van der Waals surface area contributed by atoms with Crippen LogP contribution < -0.4 is 11.1 Å². The summed E-state index contributed by atoms with van der Waals surface area (Å²) in [6, 6.07) is 7.67. The van der Waals surface area contributed by atoms with Crippen LogP contribution in [0, 0.1) is 18.2 Å². The molecule has 2 heterocycles. The maximum absolute atomic E-state index is 14.0. The number of ether oxygens (including phenoxy) is 1. The fraction of sp³-hybridized carbons (Fsp3) is 0.176. The smallest absolute Gasteiger partial charge is 0.269 e. The van der Waals surface area contributed by atoms with Gasteiger partial charge in [0.05, 0.1) is 30.6 Å². The highest BCUT2D eigenvalue weighted by atomic mass is 19.1. The van der Waals surface area contributed by atoms with E-state index in [2.05, 4.69) is 16.2 Å². The number of halogens is 1. The second-order valence-corrected chi connectivity index (χ2v) is 5.17. The van der Waals surface area contributed by atoms with E-state index in [9.17, 15) is 9.18 Å². The van der Waals surface area contributed by atoms with Crippen molar-refractivity contribution in [3.8, 4) is 23.6 Å². The molecule has 3 rings (SSSR count). The minimum absolute atomic E-state index is 0.0555. The molecule has 0 spiro atoms. The molecule has 1 amide bonds. The Morgan fingerprint density at radius 2 is 2.17 bits per heavy atom. The lowest BCUT2D eigenvalue weighted by atomic mass is 10.1. The average Bonchev–Trinajstić information content (AvgIpc) is 2.51. The average molecular weight is 311 g/mol. The molecule has 1 fully saturated rings. The molecule has 1 aliphatic heterocycles. The molecule has 5 nitrogen and oxygen atoms in total. The summed E-state index contributed by atoms with van der Waals surface area (Å²) >= 11 is 0. The number of nitrogens with zero attached hydrogens (tertiary/aromatic N) is 1. The van der Waals surface area contributed by atoms with Crippen molar-refractivity contribution >= 4 is 11.6 Å². The first-order valence-corrected chi connectivity index (χ1v) is 7.00. The van der Waals surface area contributed by atoms with Crippen molar-refractivity contribution in [3.05, 3.63) is 47.4 Å². The second kappa shape index (κ2) is 6.07. The first-order chi connectivity index (χ1) is 11.1. The van der Waals surface area contributed by atoms with Gasteiger partial charge in [0.2, 0.25) is 0 Å². The van der Waals surface area contributed by atoms with Crippen LogP contribution in [0.25, 0.3) is 11.3 Å². The summed E-state index contributed by atoms with van der Waals surface area (Å²) in [6.45, 7) is 1.11. The van der Waals surface area contributed by atoms with E-state index in [1.807, 2.05) is 0 Å². The van der Waals surface area contributed by atoms with Gasteiger partial charge in [-0.1, -0.05) is 5.92 Å². The third kappa shape index (κ3) is 3.00. The predicted molar refractivity (Wildman–Crippen MR) is 84.3 cm³/mol. The molecular formula is C17H14FN3O2. The number of primary amides is 1. The van der Waals surface area contributed by atoms with Gasteiger partial charge in [-0.2, -0.15) is 0 Å². The largest absolute Gasteiger partial charge is 0.377 e. The number of carbonyl (C=O) groups is 1. The van der Waals surface area contributed by atoms with Crippen molar-refractivity contribution in [3.63, 3.8) is 0 Å². The summed E-state index contributed by atoms with van der Waals surface area (Å²) in [5, 5.41) is 3.13. The van der Waals surface area contributed by atoms with Crippen molar-refractivity contribution in [1.82, 2.24) is 4.98 Å². The maximum atomic E-state index is 14.0. The Balaban J connectivity index is 2.02. The lowest BCUT2D eigenvalue weighted by Gasteiger charge is -2.28. The monoisotopic (exact) mass is 311 g/mol. The molecule has 3 N–H and O–H groups in total. The molecule has 2 aromatic rings. The van der Waals surface area contributed by atoms with Gasteiger partial charge in [-0.3, -0.25) is 4.79 Å². The van der Waals surface area contributed by atoms with Crippen LogP contribution in [0.4, 0.5) is 10.1 Å². The Bertz CT molecular complexity index is 810. The first kappa shape index (κ1) is 15.0. The molecule has 1 aromatic carbocycles. The Kier molecular flexibility index (Phi) is 3.96. The number of rotatable bonds is 4. The molecule has 6 heteroatoms. The number of carbonyl (C=O) groups excluding carboxylic acids is 1. The minimum Gasteiger partial charge on any atom is -0.377 e. The number of hydrogen-bond acceptors (Lipinski definition) is 4. The van der Waals surface area contributed by atoms with Gasteiger partial charge in [0.25, 0.3) is 5.91 Å². The summed E-state index contributed by atoms with van der Waals surface area (Å²) in [7, 11) is 0. The summed E-state index contributed by atoms with van der Waals surface area (Å²) in [5.41, 5.74) is 6.99. The molecule has 1 aliphatic rings. The van der Waals surface area contributed by atoms with Crippen LogP contribution in [0.3, 0.4) is 0 Å². The Hall–Kier alpha value is -2.91. The summed E-state index contributed by atoms with van der Waals surface area (Å²) in [5.74, 6) is 1.28. The molecule has 1 aromatic heterocycles. The zero-order valence-corrected chi connectivity index (χ0v) is 12.2. The van der Waals surface area contributed by atoms with E-state index in [1.54, 1.807) is 12.1 Å². The Morgan fingerprint density at radius 1 is 1.39 bits per heavy atom. The van der Waals surface area contributed by atoms with Gasteiger partial charge in [0.15, 0.2) is 5.69 Å². The van der Waals surface area contributed by atoms with Crippen molar-refractivity contribution in [1.29, 1.82) is 0 Å². The topological polar surface area (TPSA) is 77.2 Å². The zero-order chi connectivity index (χ0) is 16.4. The van der Waals surface area contributed by atoms with E-state index in [1.165, 1.54) is 18.2 Å².